The van der Waals surface area contributed by atoms with Crippen molar-refractivity contribution < 1.29 is 27.1 Å². The van der Waals surface area contributed by atoms with Crippen molar-refractivity contribution in [3.05, 3.63) is 41.1 Å². The van der Waals surface area contributed by atoms with Crippen molar-refractivity contribution in [3.8, 4) is 5.75 Å². The van der Waals surface area contributed by atoms with E-state index in [1.807, 2.05) is 0 Å². The lowest BCUT2D eigenvalue weighted by Gasteiger charge is -2.11. The molecule has 3 nitrogen and oxygen atoms in total. The average molecular weight is 389 g/mol. The number of allylic oxidation sites excluding steroid dienone is 1. The number of esters is 1. The zero-order valence-corrected chi connectivity index (χ0v) is 15.9. The highest BCUT2D eigenvalue weighted by atomic mass is 19.2. The van der Waals surface area contributed by atoms with E-state index >= 15 is 0 Å². The summed E-state index contributed by atoms with van der Waals surface area (Å²) in [5.41, 5.74) is 0.419. The van der Waals surface area contributed by atoms with E-state index in [-0.39, 0.29) is 6.42 Å². The summed E-state index contributed by atoms with van der Waals surface area (Å²) >= 11 is 0. The summed E-state index contributed by atoms with van der Waals surface area (Å²) in [6.07, 6.45) is 6.12. The van der Waals surface area contributed by atoms with Gasteiger partial charge in [0.2, 0.25) is 11.6 Å². The summed E-state index contributed by atoms with van der Waals surface area (Å²) in [5.74, 6) is -8.89. The molecule has 0 aliphatic heterocycles. The van der Waals surface area contributed by atoms with Crippen LogP contribution in [0.25, 0.3) is 0 Å². The second kappa shape index (κ2) is 11.6. The molecule has 0 amide bonds. The lowest BCUT2D eigenvalue weighted by atomic mass is 10.1. The molecule has 0 spiro atoms. The van der Waals surface area contributed by atoms with Crippen molar-refractivity contribution in [2.24, 2.45) is 0 Å². The van der Waals surface area contributed by atoms with Gasteiger partial charge in [0.25, 0.3) is 0 Å². The van der Waals surface area contributed by atoms with E-state index in [0.29, 0.717) is 6.42 Å². The predicted octanol–water partition coefficient (Wildman–Crippen LogP) is 5.70. The number of nitrogens with one attached hydrogen (secondary N) is 1. The number of rotatable bonds is 12. The van der Waals surface area contributed by atoms with Crippen LogP contribution in [0.2, 0.25) is 0 Å². The number of hydrogen-bond donors (Lipinski definition) is 1. The Kier molecular flexibility index (Phi) is 9.89. The molecule has 0 unspecified atom stereocenters. The number of ether oxygens (including phenoxy) is 1. The summed E-state index contributed by atoms with van der Waals surface area (Å²) in [7, 11) is 0. The van der Waals surface area contributed by atoms with Crippen LogP contribution in [-0.4, -0.2) is 12.5 Å². The van der Waals surface area contributed by atoms with Crippen LogP contribution in [0.5, 0.6) is 5.75 Å². The van der Waals surface area contributed by atoms with E-state index in [1.54, 1.807) is 0 Å². The Morgan fingerprint density at radius 2 is 1.52 bits per heavy atom. The largest absolute Gasteiger partial charge is 0.423 e. The standard InChI is InChI=1S/C20H27F4NO2/c1-4-5-12-25-13(2)10-8-6-7-9-11-15(26)27-20-14(3)16(21)17(22)18(23)19(20)24/h25H,2,4-12H2,1,3H3. The third kappa shape index (κ3) is 7.23. The van der Waals surface area contributed by atoms with Gasteiger partial charge in [-0.05, 0) is 32.6 Å². The second-order valence-corrected chi connectivity index (χ2v) is 6.48. The van der Waals surface area contributed by atoms with E-state index in [2.05, 4.69) is 18.8 Å². The van der Waals surface area contributed by atoms with Gasteiger partial charge < -0.3 is 10.1 Å². The van der Waals surface area contributed by atoms with E-state index in [0.717, 1.165) is 57.7 Å². The van der Waals surface area contributed by atoms with E-state index in [1.165, 1.54) is 0 Å². The Bertz CT molecular complexity index is 633. The summed E-state index contributed by atoms with van der Waals surface area (Å²) in [6, 6.07) is 0. The Balaban J connectivity index is 2.32. The van der Waals surface area contributed by atoms with Crippen LogP contribution in [0.4, 0.5) is 17.6 Å². The monoisotopic (exact) mass is 389 g/mol. The third-order valence-electron chi connectivity index (χ3n) is 4.18. The van der Waals surface area contributed by atoms with Gasteiger partial charge in [-0.1, -0.05) is 32.8 Å². The van der Waals surface area contributed by atoms with Crippen molar-refractivity contribution in [1.82, 2.24) is 5.32 Å². The van der Waals surface area contributed by atoms with Crippen LogP contribution >= 0.6 is 0 Å². The zero-order chi connectivity index (χ0) is 20.4. The molecule has 1 aromatic rings. The van der Waals surface area contributed by atoms with E-state index in [9.17, 15) is 22.4 Å². The molecule has 152 valence electrons. The van der Waals surface area contributed by atoms with Crippen LogP contribution in [-0.2, 0) is 4.79 Å². The van der Waals surface area contributed by atoms with Gasteiger partial charge in [-0.25, -0.2) is 13.2 Å². The zero-order valence-electron chi connectivity index (χ0n) is 15.9. The summed E-state index contributed by atoms with van der Waals surface area (Å²) < 4.78 is 58.2. The van der Waals surface area contributed by atoms with E-state index in [4.69, 9.17) is 4.74 Å². The van der Waals surface area contributed by atoms with Crippen LogP contribution in [0.3, 0.4) is 0 Å². The minimum absolute atomic E-state index is 0.0187. The second-order valence-electron chi connectivity index (χ2n) is 6.48. The molecular weight excluding hydrogens is 362 g/mol. The number of hydrogen-bond acceptors (Lipinski definition) is 3. The molecule has 1 N–H and O–H groups in total. The highest BCUT2D eigenvalue weighted by Gasteiger charge is 2.25. The van der Waals surface area contributed by atoms with Crippen molar-refractivity contribution in [1.29, 1.82) is 0 Å². The number of benzene rings is 1. The Labute approximate surface area is 157 Å². The normalized spacial score (nSPS) is 10.7. The number of unbranched alkanes of at least 4 members (excludes halogenated alkanes) is 4. The lowest BCUT2D eigenvalue weighted by Crippen LogP contribution is -2.13. The van der Waals surface area contributed by atoms with Crippen LogP contribution in [0, 0.1) is 30.2 Å². The maximum Gasteiger partial charge on any atom is 0.311 e. The highest BCUT2D eigenvalue weighted by molar-refractivity contribution is 5.72. The molecule has 0 heterocycles. The quantitative estimate of drug-likeness (QED) is 0.124. The maximum atomic E-state index is 13.7. The van der Waals surface area contributed by atoms with Gasteiger partial charge in [-0.3, -0.25) is 4.79 Å². The minimum atomic E-state index is -1.99. The average Bonchev–Trinajstić information content (AvgIpc) is 2.65. The van der Waals surface area contributed by atoms with Crippen LogP contribution in [0.1, 0.15) is 63.9 Å². The van der Waals surface area contributed by atoms with Crippen LogP contribution < -0.4 is 10.1 Å². The van der Waals surface area contributed by atoms with Gasteiger partial charge in [0.1, 0.15) is 0 Å². The summed E-state index contributed by atoms with van der Waals surface area (Å²) in [5, 5.41) is 3.25. The fourth-order valence-electron chi connectivity index (χ4n) is 2.50. The first-order chi connectivity index (χ1) is 12.8. The van der Waals surface area contributed by atoms with Crippen molar-refractivity contribution in [2.45, 2.75) is 65.2 Å². The van der Waals surface area contributed by atoms with Gasteiger partial charge in [-0.15, -0.1) is 0 Å². The Hall–Kier alpha value is -2.05. The molecule has 0 saturated heterocycles. The molecule has 0 bridgehead atoms. The van der Waals surface area contributed by atoms with Gasteiger partial charge in [-0.2, -0.15) is 4.39 Å². The SMILES string of the molecule is C=C(CCCCCCC(=O)Oc1c(C)c(F)c(F)c(F)c1F)NCCCC. The Morgan fingerprint density at radius 3 is 2.15 bits per heavy atom. The van der Waals surface area contributed by atoms with Gasteiger partial charge in [0.15, 0.2) is 17.4 Å². The van der Waals surface area contributed by atoms with Crippen molar-refractivity contribution >= 4 is 5.97 Å². The molecule has 0 saturated carbocycles. The molecule has 1 aromatic carbocycles. The predicted molar refractivity (Wildman–Crippen MR) is 96.4 cm³/mol. The molecule has 0 aliphatic carbocycles. The maximum absolute atomic E-state index is 13.7. The molecule has 0 aromatic heterocycles. The lowest BCUT2D eigenvalue weighted by molar-refractivity contribution is -0.134. The van der Waals surface area contributed by atoms with Gasteiger partial charge >= 0.3 is 5.97 Å². The molecule has 0 aliphatic rings. The first-order valence-corrected chi connectivity index (χ1v) is 9.24. The topological polar surface area (TPSA) is 38.3 Å². The van der Waals surface area contributed by atoms with Crippen molar-refractivity contribution in [2.75, 3.05) is 6.54 Å². The fraction of sp³-hybridized carbons (Fsp3) is 0.550. The third-order valence-corrected chi connectivity index (χ3v) is 4.18. The Morgan fingerprint density at radius 1 is 0.926 bits per heavy atom. The van der Waals surface area contributed by atoms with Gasteiger partial charge in [0, 0.05) is 24.2 Å². The first-order valence-electron chi connectivity index (χ1n) is 9.24. The molecule has 1 rings (SSSR count). The molecule has 0 atom stereocenters. The molecule has 0 radical (unpaired) electrons. The number of carbonyl (C=O) groups excluding carboxylic acids is 1. The van der Waals surface area contributed by atoms with E-state index < -0.39 is 40.6 Å². The fourth-order valence-corrected chi connectivity index (χ4v) is 2.50. The first kappa shape index (κ1) is 23.0. The molecular formula is C20H27F4NO2. The summed E-state index contributed by atoms with van der Waals surface area (Å²) in [6.45, 7) is 8.00. The molecule has 0 fully saturated rings. The van der Waals surface area contributed by atoms with Gasteiger partial charge in [0.05, 0.1) is 0 Å². The number of halogens is 4. The number of carbonyl (C=O) groups is 1. The highest BCUT2D eigenvalue weighted by Crippen LogP contribution is 2.30. The summed E-state index contributed by atoms with van der Waals surface area (Å²) in [4.78, 5) is 11.8. The van der Waals surface area contributed by atoms with Crippen LogP contribution in [0.15, 0.2) is 12.3 Å². The molecule has 27 heavy (non-hydrogen) atoms. The minimum Gasteiger partial charge on any atom is -0.423 e. The van der Waals surface area contributed by atoms with Crippen molar-refractivity contribution in [3.63, 3.8) is 0 Å². The molecule has 7 heteroatoms. The smallest absolute Gasteiger partial charge is 0.311 e.